The Labute approximate surface area is 210 Å². The number of nitrogens with zero attached hydrogens (tertiary/aromatic N) is 3. The Kier molecular flexibility index (Phi) is 6.94. The number of alkyl halides is 6. The van der Waals surface area contributed by atoms with E-state index in [4.69, 9.17) is 0 Å². The van der Waals surface area contributed by atoms with Gasteiger partial charge in [-0.25, -0.2) is 4.79 Å². The number of benzene rings is 2. The number of hydrogen-bond donors (Lipinski definition) is 0. The molecule has 0 saturated carbocycles. The summed E-state index contributed by atoms with van der Waals surface area (Å²) in [5.41, 5.74) is -1.38. The van der Waals surface area contributed by atoms with Crippen LogP contribution >= 0.6 is 0 Å². The number of amides is 3. The summed E-state index contributed by atoms with van der Waals surface area (Å²) in [5, 5.41) is 0. The fraction of sp³-hybridized carbons (Fsp3) is 0.462. The van der Waals surface area contributed by atoms with Crippen molar-refractivity contribution in [1.82, 2.24) is 14.7 Å². The number of urea groups is 1. The van der Waals surface area contributed by atoms with E-state index in [1.54, 1.807) is 9.80 Å². The lowest BCUT2D eigenvalue weighted by Crippen LogP contribution is -2.57. The molecule has 0 spiro atoms. The lowest BCUT2D eigenvalue weighted by atomic mass is 9.91. The van der Waals surface area contributed by atoms with Gasteiger partial charge in [-0.15, -0.1) is 0 Å². The molecular weight excluding hydrogens is 500 g/mol. The van der Waals surface area contributed by atoms with Crippen molar-refractivity contribution in [2.24, 2.45) is 0 Å². The average Bonchev–Trinajstić information content (AvgIpc) is 3.22. The highest BCUT2D eigenvalue weighted by atomic mass is 19.4. The maximum absolute atomic E-state index is 13.7. The SMILES string of the molecule is Cc1ccccc1[C@H]1[C@H]2CCC(=O)N2CCN1C(=O)N(C)[C@H](C)c1cc(C(F)(F)F)cc(C(F)(F)F)c1. The van der Waals surface area contributed by atoms with Crippen LogP contribution in [0.3, 0.4) is 0 Å². The first-order chi connectivity index (χ1) is 17.2. The third-order valence-corrected chi connectivity index (χ3v) is 7.38. The molecule has 200 valence electrons. The Balaban J connectivity index is 1.69. The van der Waals surface area contributed by atoms with Gasteiger partial charge in [-0.1, -0.05) is 24.3 Å². The van der Waals surface area contributed by atoms with Gasteiger partial charge in [0.1, 0.15) is 0 Å². The molecule has 2 heterocycles. The topological polar surface area (TPSA) is 43.9 Å². The summed E-state index contributed by atoms with van der Waals surface area (Å²) in [4.78, 5) is 30.7. The van der Waals surface area contributed by atoms with Gasteiger partial charge in [0.05, 0.1) is 29.3 Å². The fourth-order valence-electron chi connectivity index (χ4n) is 5.26. The van der Waals surface area contributed by atoms with Crippen molar-refractivity contribution in [3.63, 3.8) is 0 Å². The Morgan fingerprint density at radius 3 is 2.16 bits per heavy atom. The Morgan fingerprint density at radius 2 is 1.59 bits per heavy atom. The van der Waals surface area contributed by atoms with Gasteiger partial charge in [0.15, 0.2) is 0 Å². The summed E-state index contributed by atoms with van der Waals surface area (Å²) in [5.74, 6) is 0.000974. The maximum atomic E-state index is 13.7. The lowest BCUT2D eigenvalue weighted by Gasteiger charge is -2.47. The molecule has 2 aromatic carbocycles. The molecule has 11 heteroatoms. The van der Waals surface area contributed by atoms with E-state index in [0.29, 0.717) is 31.5 Å². The summed E-state index contributed by atoms with van der Waals surface area (Å²) in [6, 6.07) is 6.44. The minimum absolute atomic E-state index is 0.000974. The van der Waals surface area contributed by atoms with Crippen molar-refractivity contribution in [3.05, 3.63) is 70.3 Å². The van der Waals surface area contributed by atoms with Crippen molar-refractivity contribution in [3.8, 4) is 0 Å². The average molecular weight is 528 g/mol. The third kappa shape index (κ3) is 5.13. The largest absolute Gasteiger partial charge is 0.416 e. The zero-order valence-electron chi connectivity index (χ0n) is 20.5. The number of hydrogen-bond acceptors (Lipinski definition) is 2. The number of rotatable bonds is 3. The molecule has 3 atom stereocenters. The quantitative estimate of drug-likeness (QED) is 0.447. The van der Waals surface area contributed by atoms with Crippen molar-refractivity contribution < 1.29 is 35.9 Å². The van der Waals surface area contributed by atoms with Crippen LogP contribution in [0, 0.1) is 6.92 Å². The molecule has 0 unspecified atom stereocenters. The van der Waals surface area contributed by atoms with E-state index in [1.807, 2.05) is 31.2 Å². The van der Waals surface area contributed by atoms with Crippen LogP contribution in [0.5, 0.6) is 0 Å². The zero-order chi connectivity index (χ0) is 27.3. The molecule has 2 aliphatic rings. The van der Waals surface area contributed by atoms with Gasteiger partial charge in [0.25, 0.3) is 0 Å². The van der Waals surface area contributed by atoms with E-state index in [0.717, 1.165) is 16.0 Å². The molecule has 2 aliphatic heterocycles. The number of carbonyl (C=O) groups excluding carboxylic acids is 2. The monoisotopic (exact) mass is 527 g/mol. The molecule has 0 aliphatic carbocycles. The first-order valence-corrected chi connectivity index (χ1v) is 11.9. The Hall–Kier alpha value is -3.24. The lowest BCUT2D eigenvalue weighted by molar-refractivity contribution is -0.143. The Bertz CT molecular complexity index is 1160. The van der Waals surface area contributed by atoms with E-state index >= 15 is 0 Å². The molecule has 0 bridgehead atoms. The molecule has 4 rings (SSSR count). The standard InChI is InChI=1S/C26H27F6N3O2/c1-15-6-4-5-7-20(15)23-21-8-9-22(36)34(21)10-11-35(23)24(37)33(3)16(2)17-12-18(25(27,28)29)14-19(13-17)26(30,31)32/h4-7,12-14,16,21,23H,8-11H2,1-3H3/t16-,21-,23+/m1/s1. The summed E-state index contributed by atoms with van der Waals surface area (Å²) in [6.07, 6.45) is -9.08. The van der Waals surface area contributed by atoms with E-state index in [2.05, 4.69) is 0 Å². The molecule has 2 saturated heterocycles. The highest BCUT2D eigenvalue weighted by molar-refractivity contribution is 5.81. The number of aryl methyl sites for hydroxylation is 1. The molecular formula is C26H27F6N3O2. The second-order valence-corrected chi connectivity index (χ2v) is 9.60. The van der Waals surface area contributed by atoms with Gasteiger partial charge in [0, 0.05) is 26.6 Å². The van der Waals surface area contributed by atoms with E-state index < -0.39 is 41.6 Å². The van der Waals surface area contributed by atoms with E-state index in [9.17, 15) is 35.9 Å². The van der Waals surface area contributed by atoms with Gasteiger partial charge in [-0.05, 0) is 55.2 Å². The summed E-state index contributed by atoms with van der Waals surface area (Å²) in [6.45, 7) is 3.78. The summed E-state index contributed by atoms with van der Waals surface area (Å²) < 4.78 is 80.4. The first kappa shape index (κ1) is 26.8. The minimum atomic E-state index is -4.99. The van der Waals surface area contributed by atoms with Gasteiger partial charge >= 0.3 is 18.4 Å². The number of fused-ring (bicyclic) bond motifs is 1. The molecule has 0 N–H and O–H groups in total. The second kappa shape index (κ2) is 9.57. The van der Waals surface area contributed by atoms with Crippen molar-refractivity contribution in [2.45, 2.75) is 57.2 Å². The second-order valence-electron chi connectivity index (χ2n) is 9.60. The van der Waals surface area contributed by atoms with Crippen LogP contribution in [0.1, 0.15) is 59.7 Å². The van der Waals surface area contributed by atoms with E-state index in [-0.39, 0.29) is 30.1 Å². The van der Waals surface area contributed by atoms with Gasteiger partial charge in [0.2, 0.25) is 5.91 Å². The molecule has 5 nitrogen and oxygen atoms in total. The summed E-state index contributed by atoms with van der Waals surface area (Å²) >= 11 is 0. The summed E-state index contributed by atoms with van der Waals surface area (Å²) in [7, 11) is 1.36. The Morgan fingerprint density at radius 1 is 1.00 bits per heavy atom. The van der Waals surface area contributed by atoms with E-state index in [1.165, 1.54) is 14.0 Å². The van der Waals surface area contributed by atoms with Crippen LogP contribution in [0.25, 0.3) is 0 Å². The fourth-order valence-corrected chi connectivity index (χ4v) is 5.26. The van der Waals surface area contributed by atoms with Crippen LogP contribution < -0.4 is 0 Å². The van der Waals surface area contributed by atoms with Crippen LogP contribution in [0.2, 0.25) is 0 Å². The molecule has 0 aromatic heterocycles. The number of halogens is 6. The molecule has 2 aromatic rings. The predicted molar refractivity (Wildman–Crippen MR) is 123 cm³/mol. The molecule has 3 amide bonds. The molecule has 0 radical (unpaired) electrons. The van der Waals surface area contributed by atoms with Crippen LogP contribution in [0.4, 0.5) is 31.1 Å². The van der Waals surface area contributed by atoms with Crippen molar-refractivity contribution >= 4 is 11.9 Å². The van der Waals surface area contributed by atoms with Gasteiger partial charge in [-0.3, -0.25) is 4.79 Å². The van der Waals surface area contributed by atoms with Gasteiger partial charge < -0.3 is 14.7 Å². The van der Waals surface area contributed by atoms with Crippen LogP contribution in [0.15, 0.2) is 42.5 Å². The first-order valence-electron chi connectivity index (χ1n) is 11.9. The predicted octanol–water partition coefficient (Wildman–Crippen LogP) is 6.19. The van der Waals surface area contributed by atoms with Crippen molar-refractivity contribution in [2.75, 3.05) is 20.1 Å². The van der Waals surface area contributed by atoms with Gasteiger partial charge in [-0.2, -0.15) is 26.3 Å². The number of piperazine rings is 1. The number of carbonyl (C=O) groups is 2. The third-order valence-electron chi connectivity index (χ3n) is 7.38. The molecule has 2 fully saturated rings. The smallest absolute Gasteiger partial charge is 0.335 e. The maximum Gasteiger partial charge on any atom is 0.416 e. The highest BCUT2D eigenvalue weighted by Crippen LogP contribution is 2.41. The highest BCUT2D eigenvalue weighted by Gasteiger charge is 2.46. The zero-order valence-corrected chi connectivity index (χ0v) is 20.5. The van der Waals surface area contributed by atoms with Crippen LogP contribution in [-0.4, -0.2) is 52.8 Å². The minimum Gasteiger partial charge on any atom is -0.335 e. The normalized spacial score (nSPS) is 21.2. The van der Waals surface area contributed by atoms with Crippen LogP contribution in [-0.2, 0) is 17.1 Å². The molecule has 37 heavy (non-hydrogen) atoms. The van der Waals surface area contributed by atoms with Crippen molar-refractivity contribution in [1.29, 1.82) is 0 Å².